The van der Waals surface area contributed by atoms with Crippen LogP contribution in [-0.4, -0.2) is 9.97 Å². The van der Waals surface area contributed by atoms with Crippen molar-refractivity contribution in [2.45, 2.75) is 25.7 Å². The van der Waals surface area contributed by atoms with Crippen molar-refractivity contribution in [3.8, 4) is 6.07 Å². The first-order valence-corrected chi connectivity index (χ1v) is 6.78. The summed E-state index contributed by atoms with van der Waals surface area (Å²) in [7, 11) is 0. The highest BCUT2D eigenvalue weighted by molar-refractivity contribution is 7.15. The maximum absolute atomic E-state index is 8.84. The molecule has 18 heavy (non-hydrogen) atoms. The number of thiazole rings is 1. The van der Waals surface area contributed by atoms with E-state index in [4.69, 9.17) is 5.26 Å². The second-order valence-electron chi connectivity index (χ2n) is 4.26. The Morgan fingerprint density at radius 3 is 3.06 bits per heavy atom. The van der Waals surface area contributed by atoms with Crippen LogP contribution in [0.3, 0.4) is 0 Å². The van der Waals surface area contributed by atoms with E-state index >= 15 is 0 Å². The standard InChI is InChI=1S/C13H12N4S/c14-8-9-5-6-15-12(7-9)17-13-16-10-3-1-2-4-11(10)18-13/h5-7H,1-4H2,(H,15,16,17). The molecule has 90 valence electrons. The summed E-state index contributed by atoms with van der Waals surface area (Å²) in [5.41, 5.74) is 1.83. The Kier molecular flexibility index (Phi) is 2.95. The molecule has 4 nitrogen and oxygen atoms in total. The summed E-state index contributed by atoms with van der Waals surface area (Å²) in [5.74, 6) is 0.681. The zero-order valence-electron chi connectivity index (χ0n) is 9.81. The zero-order valence-corrected chi connectivity index (χ0v) is 10.6. The van der Waals surface area contributed by atoms with Gasteiger partial charge >= 0.3 is 0 Å². The van der Waals surface area contributed by atoms with Crippen LogP contribution in [0.15, 0.2) is 18.3 Å². The number of nitrogens with one attached hydrogen (secondary N) is 1. The largest absolute Gasteiger partial charge is 0.316 e. The Morgan fingerprint density at radius 2 is 2.22 bits per heavy atom. The van der Waals surface area contributed by atoms with Gasteiger partial charge in [0.2, 0.25) is 0 Å². The lowest BCUT2D eigenvalue weighted by Gasteiger charge is -2.06. The number of pyridine rings is 1. The van der Waals surface area contributed by atoms with E-state index < -0.39 is 0 Å². The number of rotatable bonds is 2. The molecule has 2 heterocycles. The monoisotopic (exact) mass is 256 g/mol. The van der Waals surface area contributed by atoms with Gasteiger partial charge in [-0.25, -0.2) is 9.97 Å². The molecule has 0 saturated heterocycles. The fourth-order valence-corrected chi connectivity index (χ4v) is 3.14. The second-order valence-corrected chi connectivity index (χ2v) is 5.35. The lowest BCUT2D eigenvalue weighted by Crippen LogP contribution is -1.99. The number of fused-ring (bicyclic) bond motifs is 1. The van der Waals surface area contributed by atoms with E-state index in [1.54, 1.807) is 29.7 Å². The van der Waals surface area contributed by atoms with E-state index in [1.165, 1.54) is 23.4 Å². The third-order valence-electron chi connectivity index (χ3n) is 2.97. The van der Waals surface area contributed by atoms with Gasteiger partial charge in [0.25, 0.3) is 0 Å². The molecular weight excluding hydrogens is 244 g/mol. The van der Waals surface area contributed by atoms with Crippen molar-refractivity contribution < 1.29 is 0 Å². The summed E-state index contributed by atoms with van der Waals surface area (Å²) in [4.78, 5) is 10.2. The molecule has 0 amide bonds. The Bertz CT molecular complexity index is 588. The van der Waals surface area contributed by atoms with Crippen molar-refractivity contribution >= 4 is 22.3 Å². The molecule has 5 heteroatoms. The predicted octanol–water partition coefficient (Wildman–Crippen LogP) is 3.03. The van der Waals surface area contributed by atoms with Gasteiger partial charge in [-0.1, -0.05) is 0 Å². The summed E-state index contributed by atoms with van der Waals surface area (Å²) in [5, 5.41) is 12.9. The number of aryl methyl sites for hydroxylation is 2. The van der Waals surface area contributed by atoms with Gasteiger partial charge in [0.1, 0.15) is 5.82 Å². The first kappa shape index (κ1) is 11.2. The fourth-order valence-electron chi connectivity index (χ4n) is 2.08. The van der Waals surface area contributed by atoms with Crippen molar-refractivity contribution in [2.75, 3.05) is 5.32 Å². The molecule has 0 unspecified atom stereocenters. The minimum Gasteiger partial charge on any atom is -0.316 e. The Balaban J connectivity index is 1.83. The third kappa shape index (κ3) is 2.20. The third-order valence-corrected chi connectivity index (χ3v) is 4.04. The van der Waals surface area contributed by atoms with E-state index in [-0.39, 0.29) is 0 Å². The molecule has 0 atom stereocenters. The highest BCUT2D eigenvalue weighted by atomic mass is 32.1. The maximum atomic E-state index is 8.84. The van der Waals surface area contributed by atoms with Crippen LogP contribution in [0.5, 0.6) is 0 Å². The molecule has 0 fully saturated rings. The van der Waals surface area contributed by atoms with Gasteiger partial charge in [0.05, 0.1) is 17.3 Å². The summed E-state index contributed by atoms with van der Waals surface area (Å²) in [6, 6.07) is 5.53. The van der Waals surface area contributed by atoms with Crippen molar-refractivity contribution in [1.82, 2.24) is 9.97 Å². The number of hydrogen-bond acceptors (Lipinski definition) is 5. The van der Waals surface area contributed by atoms with Gasteiger partial charge < -0.3 is 5.32 Å². The maximum Gasteiger partial charge on any atom is 0.188 e. The van der Waals surface area contributed by atoms with Crippen molar-refractivity contribution in [3.05, 3.63) is 34.5 Å². The van der Waals surface area contributed by atoms with E-state index in [0.717, 1.165) is 18.0 Å². The van der Waals surface area contributed by atoms with Crippen molar-refractivity contribution in [3.63, 3.8) is 0 Å². The molecule has 2 aromatic heterocycles. The minimum atomic E-state index is 0.605. The fraction of sp³-hybridized carbons (Fsp3) is 0.308. The average molecular weight is 256 g/mol. The van der Waals surface area contributed by atoms with Gasteiger partial charge in [-0.15, -0.1) is 11.3 Å². The van der Waals surface area contributed by atoms with Gasteiger partial charge in [-0.2, -0.15) is 5.26 Å². The number of hydrogen-bond donors (Lipinski definition) is 1. The van der Waals surface area contributed by atoms with E-state index in [1.807, 2.05) is 0 Å². The van der Waals surface area contributed by atoms with Crippen LogP contribution < -0.4 is 5.32 Å². The first-order valence-electron chi connectivity index (χ1n) is 5.97. The minimum absolute atomic E-state index is 0.605. The topological polar surface area (TPSA) is 61.6 Å². The van der Waals surface area contributed by atoms with Crippen LogP contribution in [0, 0.1) is 11.3 Å². The molecule has 0 spiro atoms. The molecule has 0 aromatic carbocycles. The molecule has 0 saturated carbocycles. The number of nitriles is 1. The first-order chi connectivity index (χ1) is 8.85. The van der Waals surface area contributed by atoms with Gasteiger partial charge in [0.15, 0.2) is 5.13 Å². The SMILES string of the molecule is N#Cc1ccnc(Nc2nc3c(s2)CCCC3)c1. The Morgan fingerprint density at radius 1 is 1.33 bits per heavy atom. The van der Waals surface area contributed by atoms with E-state index in [9.17, 15) is 0 Å². The van der Waals surface area contributed by atoms with Crippen molar-refractivity contribution in [1.29, 1.82) is 5.26 Å². The van der Waals surface area contributed by atoms with Crippen LogP contribution in [0.2, 0.25) is 0 Å². The lowest BCUT2D eigenvalue weighted by atomic mass is 10.0. The van der Waals surface area contributed by atoms with Crippen molar-refractivity contribution in [2.24, 2.45) is 0 Å². The summed E-state index contributed by atoms with van der Waals surface area (Å²) >= 11 is 1.70. The highest BCUT2D eigenvalue weighted by Crippen LogP contribution is 2.30. The van der Waals surface area contributed by atoms with E-state index in [2.05, 4.69) is 21.4 Å². The quantitative estimate of drug-likeness (QED) is 0.897. The molecule has 0 bridgehead atoms. The summed E-state index contributed by atoms with van der Waals surface area (Å²) in [6.45, 7) is 0. The van der Waals surface area contributed by atoms with Crippen LogP contribution in [0.4, 0.5) is 10.9 Å². The molecule has 1 N–H and O–H groups in total. The zero-order chi connectivity index (χ0) is 12.4. The van der Waals surface area contributed by atoms with Crippen LogP contribution in [-0.2, 0) is 12.8 Å². The summed E-state index contributed by atoms with van der Waals surface area (Å²) in [6.07, 6.45) is 6.35. The summed E-state index contributed by atoms with van der Waals surface area (Å²) < 4.78 is 0. The molecule has 3 rings (SSSR count). The van der Waals surface area contributed by atoms with Gasteiger partial charge in [-0.05, 0) is 37.8 Å². The highest BCUT2D eigenvalue weighted by Gasteiger charge is 2.15. The van der Waals surface area contributed by atoms with Crippen LogP contribution >= 0.6 is 11.3 Å². The molecule has 0 radical (unpaired) electrons. The van der Waals surface area contributed by atoms with Crippen LogP contribution in [0.25, 0.3) is 0 Å². The average Bonchev–Trinajstić information content (AvgIpc) is 2.81. The molecule has 1 aliphatic rings. The van der Waals surface area contributed by atoms with Gasteiger partial charge in [0, 0.05) is 11.1 Å². The molecular formula is C13H12N4S. The normalized spacial score (nSPS) is 13.7. The number of aromatic nitrogens is 2. The lowest BCUT2D eigenvalue weighted by molar-refractivity contribution is 0.683. The Labute approximate surface area is 109 Å². The number of anilines is 2. The number of nitrogens with zero attached hydrogens (tertiary/aromatic N) is 3. The van der Waals surface area contributed by atoms with E-state index in [0.29, 0.717) is 11.4 Å². The molecule has 1 aliphatic carbocycles. The van der Waals surface area contributed by atoms with Gasteiger partial charge in [-0.3, -0.25) is 0 Å². The molecule has 0 aliphatic heterocycles. The second kappa shape index (κ2) is 4.75. The van der Waals surface area contributed by atoms with Crippen LogP contribution in [0.1, 0.15) is 29.0 Å². The smallest absolute Gasteiger partial charge is 0.188 e. The molecule has 2 aromatic rings. The Hall–Kier alpha value is -1.93. The predicted molar refractivity (Wildman–Crippen MR) is 71.0 cm³/mol.